The van der Waals surface area contributed by atoms with Crippen LogP contribution in [0.1, 0.15) is 20.7 Å². The molecule has 0 unspecified atom stereocenters. The molecule has 0 aliphatic rings. The van der Waals surface area contributed by atoms with Crippen molar-refractivity contribution in [1.29, 1.82) is 0 Å². The highest BCUT2D eigenvalue weighted by atomic mass is 16.4. The Morgan fingerprint density at radius 2 is 1.44 bits per heavy atom. The van der Waals surface area contributed by atoms with E-state index in [1.807, 2.05) is 0 Å². The maximum absolute atomic E-state index is 11.3. The third-order valence-electron chi connectivity index (χ3n) is 1.75. The molecule has 16 heavy (non-hydrogen) atoms. The van der Waals surface area contributed by atoms with E-state index in [1.165, 1.54) is 24.3 Å². The topological polar surface area (TPSA) is 122 Å². The summed E-state index contributed by atoms with van der Waals surface area (Å²) >= 11 is 0. The molecular weight excluding hydrogens is 216 g/mol. The number of nitrogens with zero attached hydrogens (tertiary/aromatic N) is 3. The average Bonchev–Trinajstić information content (AvgIpc) is 2.30. The number of hydrogen-bond donors (Lipinski definition) is 1. The molecule has 8 nitrogen and oxygen atoms in total. The number of nitrogens with two attached hydrogens (primary N) is 1. The van der Waals surface area contributed by atoms with Crippen LogP contribution in [0.3, 0.4) is 0 Å². The first-order valence-corrected chi connectivity index (χ1v) is 4.01. The Labute approximate surface area is 88.9 Å². The summed E-state index contributed by atoms with van der Waals surface area (Å²) < 4.78 is 0. The van der Waals surface area contributed by atoms with Crippen LogP contribution < -0.4 is 5.73 Å². The van der Waals surface area contributed by atoms with Crippen LogP contribution in [0.25, 0.3) is 0 Å². The van der Waals surface area contributed by atoms with Gasteiger partial charge >= 0.3 is 5.91 Å². The quantitative estimate of drug-likeness (QED) is 0.591. The van der Waals surface area contributed by atoms with E-state index < -0.39 is 11.8 Å². The molecule has 8 heteroatoms. The van der Waals surface area contributed by atoms with Crippen molar-refractivity contribution in [3.05, 3.63) is 45.2 Å². The van der Waals surface area contributed by atoms with Crippen LogP contribution in [0.15, 0.2) is 34.8 Å². The molecular formula is C8H6N4O4. The number of primary amides is 1. The smallest absolute Gasteiger partial charge is 0.301 e. The fraction of sp³-hybridized carbons (Fsp3) is 0. The normalized spacial score (nSPS) is 9.25. The summed E-state index contributed by atoms with van der Waals surface area (Å²) in [4.78, 5) is 42.1. The highest BCUT2D eigenvalue weighted by Gasteiger charge is 2.17. The van der Waals surface area contributed by atoms with Crippen LogP contribution in [-0.2, 0) is 0 Å². The first-order valence-electron chi connectivity index (χ1n) is 4.01. The molecule has 82 valence electrons. The minimum Gasteiger partial charge on any atom is -0.366 e. The summed E-state index contributed by atoms with van der Waals surface area (Å²) in [6.07, 6.45) is 0. The number of amides is 2. The zero-order chi connectivity index (χ0) is 12.1. The van der Waals surface area contributed by atoms with Gasteiger partial charge in [0, 0.05) is 11.1 Å². The lowest BCUT2D eigenvalue weighted by Gasteiger charge is -2.03. The van der Waals surface area contributed by atoms with Crippen molar-refractivity contribution < 1.29 is 9.59 Å². The molecule has 0 bridgehead atoms. The lowest BCUT2D eigenvalue weighted by atomic mass is 10.1. The number of carbonyl (C=O) groups is 2. The highest BCUT2D eigenvalue weighted by molar-refractivity contribution is 5.96. The van der Waals surface area contributed by atoms with Crippen molar-refractivity contribution in [2.24, 2.45) is 16.3 Å². The molecule has 0 heterocycles. The molecule has 1 rings (SSSR count). The van der Waals surface area contributed by atoms with Gasteiger partial charge in [-0.3, -0.25) is 9.59 Å². The van der Waals surface area contributed by atoms with Crippen molar-refractivity contribution in [2.75, 3.05) is 0 Å². The number of rotatable bonds is 4. The second-order valence-electron chi connectivity index (χ2n) is 2.70. The maximum atomic E-state index is 11.3. The number of benzene rings is 1. The van der Waals surface area contributed by atoms with E-state index in [9.17, 15) is 19.4 Å². The van der Waals surface area contributed by atoms with Crippen LogP contribution in [0, 0.1) is 9.81 Å². The number of nitroso groups, excluding NO2 is 2. The van der Waals surface area contributed by atoms with Crippen LogP contribution >= 0.6 is 0 Å². The van der Waals surface area contributed by atoms with Gasteiger partial charge in [-0.15, -0.1) is 9.81 Å². The van der Waals surface area contributed by atoms with Crippen molar-refractivity contribution in [3.8, 4) is 0 Å². The van der Waals surface area contributed by atoms with E-state index in [1.54, 1.807) is 0 Å². The van der Waals surface area contributed by atoms with Gasteiger partial charge in [-0.25, -0.2) is 0 Å². The Morgan fingerprint density at radius 1 is 1.00 bits per heavy atom. The summed E-state index contributed by atoms with van der Waals surface area (Å²) in [5.74, 6) is -1.64. The molecule has 0 aliphatic heterocycles. The van der Waals surface area contributed by atoms with Crippen LogP contribution in [0.4, 0.5) is 0 Å². The van der Waals surface area contributed by atoms with Crippen molar-refractivity contribution in [1.82, 2.24) is 5.12 Å². The predicted molar refractivity (Wildman–Crippen MR) is 52.7 cm³/mol. The van der Waals surface area contributed by atoms with Gasteiger partial charge in [0.2, 0.25) is 5.91 Å². The molecule has 0 aromatic heterocycles. The van der Waals surface area contributed by atoms with E-state index in [0.717, 1.165) is 0 Å². The number of carbonyl (C=O) groups excluding carboxylic acids is 2. The third-order valence-corrected chi connectivity index (χ3v) is 1.75. The summed E-state index contributed by atoms with van der Waals surface area (Å²) in [6.45, 7) is 0. The summed E-state index contributed by atoms with van der Waals surface area (Å²) in [6, 6.07) is 5.02. The molecule has 0 saturated heterocycles. The van der Waals surface area contributed by atoms with Gasteiger partial charge in [0.15, 0.2) is 0 Å². The van der Waals surface area contributed by atoms with E-state index in [-0.39, 0.29) is 16.2 Å². The molecule has 1 aromatic rings. The van der Waals surface area contributed by atoms with Crippen LogP contribution in [0.2, 0.25) is 0 Å². The van der Waals surface area contributed by atoms with Crippen LogP contribution in [0.5, 0.6) is 0 Å². The standard InChI is InChI=1S/C8H6N4O4/c9-7(13)5-1-3-6(4-2-5)8(14)12(10-15)11-16/h1-4H,(H2,9,13). The summed E-state index contributed by atoms with van der Waals surface area (Å²) in [5.41, 5.74) is 5.17. The maximum Gasteiger partial charge on any atom is 0.301 e. The van der Waals surface area contributed by atoms with Gasteiger partial charge in [0.05, 0.1) is 10.6 Å². The van der Waals surface area contributed by atoms with E-state index in [2.05, 4.69) is 10.6 Å². The van der Waals surface area contributed by atoms with Crippen molar-refractivity contribution in [2.45, 2.75) is 0 Å². The Morgan fingerprint density at radius 3 is 1.81 bits per heavy atom. The number of hydrogen-bond acceptors (Lipinski definition) is 6. The Kier molecular flexibility index (Phi) is 3.38. The Balaban J connectivity index is 2.97. The lowest BCUT2D eigenvalue weighted by molar-refractivity contribution is 0.0759. The van der Waals surface area contributed by atoms with Crippen molar-refractivity contribution in [3.63, 3.8) is 0 Å². The van der Waals surface area contributed by atoms with Crippen molar-refractivity contribution >= 4 is 11.8 Å². The van der Waals surface area contributed by atoms with Gasteiger partial charge in [-0.05, 0) is 29.4 Å². The SMILES string of the molecule is NC(=O)c1ccc(C(=O)N(N=O)N=O)cc1. The second kappa shape index (κ2) is 4.73. The summed E-state index contributed by atoms with van der Waals surface area (Å²) in [7, 11) is 0. The first-order chi connectivity index (χ1) is 7.60. The summed E-state index contributed by atoms with van der Waals surface area (Å²) in [5, 5.41) is 4.07. The molecule has 0 saturated carbocycles. The minimum atomic E-state index is -0.985. The molecule has 2 amide bonds. The van der Waals surface area contributed by atoms with Gasteiger partial charge in [-0.1, -0.05) is 0 Å². The van der Waals surface area contributed by atoms with Crippen LogP contribution in [-0.4, -0.2) is 16.9 Å². The van der Waals surface area contributed by atoms with Gasteiger partial charge in [0.25, 0.3) is 0 Å². The molecule has 0 radical (unpaired) electrons. The molecule has 0 fully saturated rings. The lowest BCUT2D eigenvalue weighted by Crippen LogP contribution is -2.19. The van der Waals surface area contributed by atoms with Gasteiger partial charge in [0.1, 0.15) is 0 Å². The zero-order valence-corrected chi connectivity index (χ0v) is 7.86. The molecule has 0 atom stereocenters. The molecule has 0 aliphatic carbocycles. The fourth-order valence-electron chi connectivity index (χ4n) is 0.982. The average molecular weight is 222 g/mol. The van der Waals surface area contributed by atoms with E-state index >= 15 is 0 Å². The first kappa shape index (κ1) is 11.4. The van der Waals surface area contributed by atoms with Gasteiger partial charge in [-0.2, -0.15) is 0 Å². The molecule has 0 spiro atoms. The van der Waals surface area contributed by atoms with E-state index in [4.69, 9.17) is 5.73 Å². The predicted octanol–water partition coefficient (Wildman–Crippen LogP) is 0.591. The van der Waals surface area contributed by atoms with E-state index in [0.29, 0.717) is 0 Å². The second-order valence-corrected chi connectivity index (χ2v) is 2.70. The largest absolute Gasteiger partial charge is 0.366 e. The Hall–Kier alpha value is -2.64. The minimum absolute atomic E-state index is 0.01000. The fourth-order valence-corrected chi connectivity index (χ4v) is 0.982. The zero-order valence-electron chi connectivity index (χ0n) is 7.86. The highest BCUT2D eigenvalue weighted by Crippen LogP contribution is 2.08. The van der Waals surface area contributed by atoms with Gasteiger partial charge < -0.3 is 5.73 Å². The molecule has 2 N–H and O–H groups in total. The monoisotopic (exact) mass is 222 g/mol. The Bertz CT molecular complexity index is 434. The third kappa shape index (κ3) is 2.23. The molecule has 1 aromatic carbocycles.